The minimum Gasteiger partial charge on any atom is -0.479 e. The van der Waals surface area contributed by atoms with Crippen molar-refractivity contribution in [1.82, 2.24) is 10.6 Å². The third-order valence-corrected chi connectivity index (χ3v) is 2.38. The highest BCUT2D eigenvalue weighted by Gasteiger charge is 2.31. The normalized spacial score (nSPS) is 26.1. The number of aliphatic hydroxyl groups is 1. The van der Waals surface area contributed by atoms with Crippen molar-refractivity contribution in [2.45, 2.75) is 25.0 Å². The number of nitrogens with one attached hydrogen (secondary N) is 2. The van der Waals surface area contributed by atoms with Gasteiger partial charge in [-0.25, -0.2) is 9.59 Å². The van der Waals surface area contributed by atoms with Gasteiger partial charge >= 0.3 is 12.0 Å². The van der Waals surface area contributed by atoms with Crippen molar-refractivity contribution in [3.8, 4) is 0 Å². The molecule has 16 heavy (non-hydrogen) atoms. The molecule has 0 radical (unpaired) electrons. The zero-order valence-electron chi connectivity index (χ0n) is 9.02. The van der Waals surface area contributed by atoms with Crippen LogP contribution in [0.5, 0.6) is 0 Å². The number of amides is 2. The Balaban J connectivity index is 2.28. The van der Waals surface area contributed by atoms with Gasteiger partial charge in [0, 0.05) is 6.61 Å². The van der Waals surface area contributed by atoms with Crippen molar-refractivity contribution in [3.63, 3.8) is 0 Å². The summed E-state index contributed by atoms with van der Waals surface area (Å²) in [5, 5.41) is 22.3. The number of hydrogen-bond donors (Lipinski definition) is 4. The minimum atomic E-state index is -1.58. The van der Waals surface area contributed by atoms with E-state index in [1.54, 1.807) is 0 Å². The van der Waals surface area contributed by atoms with Crippen molar-refractivity contribution < 1.29 is 24.5 Å². The molecule has 0 aromatic heterocycles. The molecule has 0 aromatic rings. The average molecular weight is 232 g/mol. The second-order valence-corrected chi connectivity index (χ2v) is 4.05. The van der Waals surface area contributed by atoms with Gasteiger partial charge in [0.15, 0.2) is 6.10 Å². The van der Waals surface area contributed by atoms with E-state index in [0.717, 1.165) is 0 Å². The number of carbonyl (C=O) groups is 2. The zero-order valence-corrected chi connectivity index (χ0v) is 9.02. The fourth-order valence-electron chi connectivity index (χ4n) is 1.36. The van der Waals surface area contributed by atoms with Crippen molar-refractivity contribution in [2.75, 3.05) is 19.8 Å². The van der Waals surface area contributed by atoms with Crippen LogP contribution in [0.4, 0.5) is 4.79 Å². The Morgan fingerprint density at radius 1 is 1.56 bits per heavy atom. The molecule has 0 aromatic carbocycles. The van der Waals surface area contributed by atoms with Gasteiger partial charge in [0.1, 0.15) is 0 Å². The standard InChI is InChI=1S/C9H16N2O5/c1-9(2-3-16-5-9)11-8(15)10-4-6(12)7(13)14/h6,12H,2-5H2,1H3,(H,13,14)(H2,10,11,15)/t6-,9?/m0/s1. The molecule has 1 unspecified atom stereocenters. The van der Waals surface area contributed by atoms with E-state index in [-0.39, 0.29) is 6.54 Å². The topological polar surface area (TPSA) is 108 Å². The van der Waals surface area contributed by atoms with E-state index < -0.39 is 23.6 Å². The van der Waals surface area contributed by atoms with Crippen LogP contribution >= 0.6 is 0 Å². The van der Waals surface area contributed by atoms with Crippen LogP contribution in [0.3, 0.4) is 0 Å². The highest BCUT2D eigenvalue weighted by molar-refractivity contribution is 5.77. The van der Waals surface area contributed by atoms with Crippen LogP contribution in [0.1, 0.15) is 13.3 Å². The Morgan fingerprint density at radius 3 is 2.75 bits per heavy atom. The average Bonchev–Trinajstić information content (AvgIpc) is 2.60. The SMILES string of the molecule is CC1(NC(=O)NC[C@H](O)C(=O)O)CCOC1. The molecule has 2 amide bonds. The largest absolute Gasteiger partial charge is 0.479 e. The summed E-state index contributed by atoms with van der Waals surface area (Å²) in [6, 6.07) is -0.506. The van der Waals surface area contributed by atoms with Crippen LogP contribution in [-0.2, 0) is 9.53 Å². The van der Waals surface area contributed by atoms with Crippen molar-refractivity contribution in [2.24, 2.45) is 0 Å². The molecule has 0 aliphatic carbocycles. The smallest absolute Gasteiger partial charge is 0.334 e. The first-order valence-corrected chi connectivity index (χ1v) is 4.97. The molecule has 1 fully saturated rings. The molecule has 1 aliphatic heterocycles. The molecule has 1 aliphatic rings. The van der Waals surface area contributed by atoms with Gasteiger partial charge in [-0.2, -0.15) is 0 Å². The first-order chi connectivity index (χ1) is 7.43. The van der Waals surface area contributed by atoms with Gasteiger partial charge in [0.25, 0.3) is 0 Å². The molecule has 7 heteroatoms. The number of urea groups is 1. The van der Waals surface area contributed by atoms with E-state index in [2.05, 4.69) is 10.6 Å². The molecular weight excluding hydrogens is 216 g/mol. The fourth-order valence-corrected chi connectivity index (χ4v) is 1.36. The van der Waals surface area contributed by atoms with Gasteiger partial charge in [-0.3, -0.25) is 0 Å². The molecular formula is C9H16N2O5. The van der Waals surface area contributed by atoms with Crippen LogP contribution in [0.15, 0.2) is 0 Å². The second-order valence-electron chi connectivity index (χ2n) is 4.05. The van der Waals surface area contributed by atoms with Crippen molar-refractivity contribution in [3.05, 3.63) is 0 Å². The molecule has 1 saturated heterocycles. The predicted molar refractivity (Wildman–Crippen MR) is 54.0 cm³/mol. The van der Waals surface area contributed by atoms with E-state index in [1.807, 2.05) is 6.92 Å². The Hall–Kier alpha value is -1.34. The summed E-state index contributed by atoms with van der Waals surface area (Å²) in [5.41, 5.74) is -0.418. The second kappa shape index (κ2) is 5.13. The number of aliphatic carboxylic acids is 1. The first kappa shape index (κ1) is 12.7. The first-order valence-electron chi connectivity index (χ1n) is 4.97. The van der Waals surface area contributed by atoms with Crippen LogP contribution in [0.2, 0.25) is 0 Å². The highest BCUT2D eigenvalue weighted by Crippen LogP contribution is 2.16. The molecule has 1 rings (SSSR count). The summed E-state index contributed by atoms with van der Waals surface area (Å²) in [4.78, 5) is 21.6. The van der Waals surface area contributed by atoms with E-state index in [0.29, 0.717) is 19.6 Å². The number of aliphatic hydroxyl groups excluding tert-OH is 1. The maximum Gasteiger partial charge on any atom is 0.334 e. The van der Waals surface area contributed by atoms with E-state index in [1.165, 1.54) is 0 Å². The van der Waals surface area contributed by atoms with Gasteiger partial charge in [0.2, 0.25) is 0 Å². The number of hydrogen-bond acceptors (Lipinski definition) is 4. The quantitative estimate of drug-likeness (QED) is 0.492. The minimum absolute atomic E-state index is 0.321. The lowest BCUT2D eigenvalue weighted by molar-refractivity contribution is -0.146. The summed E-state index contributed by atoms with van der Waals surface area (Å²) in [6.45, 7) is 2.54. The molecule has 0 saturated carbocycles. The summed E-state index contributed by atoms with van der Waals surface area (Å²) in [6.07, 6.45) is -0.875. The molecule has 92 valence electrons. The number of rotatable bonds is 4. The molecule has 7 nitrogen and oxygen atoms in total. The molecule has 0 spiro atoms. The third kappa shape index (κ3) is 3.67. The van der Waals surface area contributed by atoms with E-state index in [4.69, 9.17) is 14.9 Å². The van der Waals surface area contributed by atoms with Gasteiger partial charge in [0.05, 0.1) is 18.7 Å². The highest BCUT2D eigenvalue weighted by atomic mass is 16.5. The Labute approximate surface area is 92.8 Å². The molecule has 1 heterocycles. The van der Waals surface area contributed by atoms with Crippen molar-refractivity contribution in [1.29, 1.82) is 0 Å². The molecule has 0 bridgehead atoms. The van der Waals surface area contributed by atoms with E-state index in [9.17, 15) is 9.59 Å². The number of ether oxygens (including phenoxy) is 1. The lowest BCUT2D eigenvalue weighted by atomic mass is 10.0. The van der Waals surface area contributed by atoms with Crippen molar-refractivity contribution >= 4 is 12.0 Å². The van der Waals surface area contributed by atoms with Crippen LogP contribution in [-0.4, -0.2) is 53.6 Å². The number of carbonyl (C=O) groups excluding carboxylic acids is 1. The lowest BCUT2D eigenvalue weighted by Crippen LogP contribution is -2.52. The Bertz CT molecular complexity index is 275. The maximum atomic E-state index is 11.3. The van der Waals surface area contributed by atoms with Crippen LogP contribution in [0, 0.1) is 0 Å². The van der Waals surface area contributed by atoms with Gasteiger partial charge in [-0.1, -0.05) is 0 Å². The summed E-state index contributed by atoms with van der Waals surface area (Å²) in [5.74, 6) is -1.37. The monoisotopic (exact) mass is 232 g/mol. The number of carboxylic acids is 1. The molecule has 4 N–H and O–H groups in total. The maximum absolute atomic E-state index is 11.3. The summed E-state index contributed by atoms with van der Waals surface area (Å²) in [7, 11) is 0. The third-order valence-electron chi connectivity index (χ3n) is 2.38. The van der Waals surface area contributed by atoms with E-state index >= 15 is 0 Å². The fraction of sp³-hybridized carbons (Fsp3) is 0.778. The summed E-state index contributed by atoms with van der Waals surface area (Å²) < 4.78 is 5.14. The molecule has 2 atom stereocenters. The Morgan fingerprint density at radius 2 is 2.25 bits per heavy atom. The number of carboxylic acid groups (broad SMARTS) is 1. The van der Waals surface area contributed by atoms with Crippen LogP contribution in [0.25, 0.3) is 0 Å². The van der Waals surface area contributed by atoms with Gasteiger partial charge < -0.3 is 25.6 Å². The van der Waals surface area contributed by atoms with Gasteiger partial charge in [-0.05, 0) is 13.3 Å². The zero-order chi connectivity index (χ0) is 12.2. The van der Waals surface area contributed by atoms with Gasteiger partial charge in [-0.15, -0.1) is 0 Å². The van der Waals surface area contributed by atoms with Crippen LogP contribution < -0.4 is 10.6 Å². The Kier molecular flexibility index (Phi) is 4.08. The summed E-state index contributed by atoms with van der Waals surface area (Å²) >= 11 is 0. The lowest BCUT2D eigenvalue weighted by Gasteiger charge is -2.23. The predicted octanol–water partition coefficient (Wildman–Crippen LogP) is -1.09.